The molecule has 1 aromatic heterocycles. The first-order valence-corrected chi connectivity index (χ1v) is 8.19. The largest absolute Gasteiger partial charge is 0.481 e. The molecule has 0 radical (unpaired) electrons. The van der Waals surface area contributed by atoms with Gasteiger partial charge in [0.25, 0.3) is 0 Å². The van der Waals surface area contributed by atoms with Gasteiger partial charge in [0.15, 0.2) is 15.7 Å². The first kappa shape index (κ1) is 14.9. The van der Waals surface area contributed by atoms with Crippen molar-refractivity contribution in [2.75, 3.05) is 6.26 Å². The van der Waals surface area contributed by atoms with Crippen LogP contribution in [0.1, 0.15) is 38.9 Å². The lowest BCUT2D eigenvalue weighted by Crippen LogP contribution is -2.43. The van der Waals surface area contributed by atoms with Crippen LogP contribution in [0.25, 0.3) is 0 Å². The summed E-state index contributed by atoms with van der Waals surface area (Å²) in [5.41, 5.74) is -0.877. The van der Waals surface area contributed by atoms with Gasteiger partial charge in [-0.25, -0.2) is 13.1 Å². The minimum Gasteiger partial charge on any atom is -0.481 e. The lowest BCUT2D eigenvalue weighted by molar-refractivity contribution is -0.156. The zero-order valence-corrected chi connectivity index (χ0v) is 12.5. The molecule has 0 spiro atoms. The fourth-order valence-electron chi connectivity index (χ4n) is 2.24. The Morgan fingerprint density at radius 1 is 1.45 bits per heavy atom. The van der Waals surface area contributed by atoms with E-state index < -0.39 is 26.0 Å². The quantitative estimate of drug-likeness (QED) is 0.826. The topological polar surface area (TPSA) is 115 Å². The molecule has 0 bridgehead atoms. The SMILES string of the molecule is CC(C)(c1nnnn1CC1(C(=O)O)CCC1)S(C)(=O)=O. The molecule has 9 heteroatoms. The molecule has 0 atom stereocenters. The van der Waals surface area contributed by atoms with Crippen molar-refractivity contribution in [2.45, 2.75) is 44.4 Å². The predicted molar refractivity (Wildman–Crippen MR) is 69.6 cm³/mol. The van der Waals surface area contributed by atoms with Crippen molar-refractivity contribution >= 4 is 15.8 Å². The summed E-state index contributed by atoms with van der Waals surface area (Å²) in [6, 6.07) is 0. The van der Waals surface area contributed by atoms with Crippen LogP contribution in [0.4, 0.5) is 0 Å². The number of hydrogen-bond acceptors (Lipinski definition) is 6. The summed E-state index contributed by atoms with van der Waals surface area (Å²) in [7, 11) is -3.42. The first-order valence-electron chi connectivity index (χ1n) is 6.30. The molecule has 1 N–H and O–H groups in total. The molecule has 1 aliphatic carbocycles. The van der Waals surface area contributed by atoms with Crippen LogP contribution >= 0.6 is 0 Å². The van der Waals surface area contributed by atoms with Crippen molar-refractivity contribution in [3.8, 4) is 0 Å². The number of tetrazole rings is 1. The molecule has 8 nitrogen and oxygen atoms in total. The van der Waals surface area contributed by atoms with Crippen molar-refractivity contribution in [3.63, 3.8) is 0 Å². The van der Waals surface area contributed by atoms with Crippen LogP contribution < -0.4 is 0 Å². The molecule has 0 saturated heterocycles. The summed E-state index contributed by atoms with van der Waals surface area (Å²) < 4.78 is 23.8. The molecule has 20 heavy (non-hydrogen) atoms. The van der Waals surface area contributed by atoms with Crippen LogP contribution in [0.15, 0.2) is 0 Å². The minimum absolute atomic E-state index is 0.101. The number of aliphatic carboxylic acids is 1. The third-order valence-corrected chi connectivity index (χ3v) is 6.25. The third kappa shape index (κ3) is 2.19. The van der Waals surface area contributed by atoms with E-state index in [0.29, 0.717) is 12.8 Å². The molecule has 1 aliphatic rings. The lowest BCUT2D eigenvalue weighted by Gasteiger charge is -2.37. The van der Waals surface area contributed by atoms with E-state index in [9.17, 15) is 18.3 Å². The minimum atomic E-state index is -3.42. The Morgan fingerprint density at radius 2 is 2.05 bits per heavy atom. The highest BCUT2D eigenvalue weighted by molar-refractivity contribution is 7.91. The van der Waals surface area contributed by atoms with Gasteiger partial charge < -0.3 is 5.11 Å². The molecule has 1 heterocycles. The number of sulfone groups is 1. The number of rotatable bonds is 5. The van der Waals surface area contributed by atoms with Crippen LogP contribution in [-0.4, -0.2) is 46.0 Å². The third-order valence-electron chi connectivity index (χ3n) is 4.21. The molecule has 1 aromatic rings. The average Bonchev–Trinajstić information content (AvgIpc) is 2.69. The summed E-state index contributed by atoms with van der Waals surface area (Å²) in [6.07, 6.45) is 3.07. The van der Waals surface area contributed by atoms with E-state index in [-0.39, 0.29) is 12.4 Å². The summed E-state index contributed by atoms with van der Waals surface area (Å²) in [5, 5.41) is 20.4. The number of aromatic nitrogens is 4. The number of carboxylic acids is 1. The second-order valence-electron chi connectivity index (χ2n) is 5.88. The van der Waals surface area contributed by atoms with Crippen LogP contribution in [0.5, 0.6) is 0 Å². The van der Waals surface area contributed by atoms with Crippen molar-refractivity contribution in [3.05, 3.63) is 5.82 Å². The molecule has 1 saturated carbocycles. The standard InChI is InChI=1S/C11H18N4O4S/c1-10(2,20(3,18)19)8-12-13-14-15(8)7-11(9(16)17)5-4-6-11/h4-7H2,1-3H3,(H,16,17). The Kier molecular flexibility index (Phi) is 3.35. The van der Waals surface area contributed by atoms with E-state index in [1.165, 1.54) is 18.5 Å². The Balaban J connectivity index is 2.38. The molecular weight excluding hydrogens is 284 g/mol. The summed E-state index contributed by atoms with van der Waals surface area (Å²) in [4.78, 5) is 11.4. The van der Waals surface area contributed by atoms with E-state index in [0.717, 1.165) is 12.7 Å². The first-order chi connectivity index (χ1) is 9.10. The van der Waals surface area contributed by atoms with Gasteiger partial charge in [-0.15, -0.1) is 5.10 Å². The van der Waals surface area contributed by atoms with E-state index in [1.807, 2.05) is 0 Å². The molecule has 0 aliphatic heterocycles. The van der Waals surface area contributed by atoms with E-state index >= 15 is 0 Å². The van der Waals surface area contributed by atoms with Gasteiger partial charge in [0.1, 0.15) is 4.75 Å². The summed E-state index contributed by atoms with van der Waals surface area (Å²) in [5.74, 6) is -0.713. The summed E-state index contributed by atoms with van der Waals surface area (Å²) in [6.45, 7) is 3.13. The second kappa shape index (κ2) is 4.51. The van der Waals surface area contributed by atoms with Gasteiger partial charge >= 0.3 is 5.97 Å². The second-order valence-corrected chi connectivity index (χ2v) is 8.45. The van der Waals surface area contributed by atoms with Crippen LogP contribution in [0.3, 0.4) is 0 Å². The van der Waals surface area contributed by atoms with E-state index in [1.54, 1.807) is 0 Å². The predicted octanol–water partition coefficient (Wildman–Crippen LogP) is 0.208. The van der Waals surface area contributed by atoms with Crippen LogP contribution in [0, 0.1) is 5.41 Å². The van der Waals surface area contributed by atoms with Crippen molar-refractivity contribution in [1.29, 1.82) is 0 Å². The number of nitrogens with zero attached hydrogens (tertiary/aromatic N) is 4. The van der Waals surface area contributed by atoms with Crippen LogP contribution in [-0.2, 0) is 25.9 Å². The van der Waals surface area contributed by atoms with Gasteiger partial charge in [-0.3, -0.25) is 4.79 Å². The molecule has 2 rings (SSSR count). The van der Waals surface area contributed by atoms with Crippen molar-refractivity contribution in [1.82, 2.24) is 20.2 Å². The number of carboxylic acid groups (broad SMARTS) is 1. The molecule has 112 valence electrons. The van der Waals surface area contributed by atoms with Crippen molar-refractivity contribution < 1.29 is 18.3 Å². The average molecular weight is 302 g/mol. The smallest absolute Gasteiger partial charge is 0.311 e. The van der Waals surface area contributed by atoms with Gasteiger partial charge in [0.05, 0.1) is 12.0 Å². The Bertz CT molecular complexity index is 631. The van der Waals surface area contributed by atoms with Gasteiger partial charge in [0.2, 0.25) is 0 Å². The zero-order valence-electron chi connectivity index (χ0n) is 11.7. The monoisotopic (exact) mass is 302 g/mol. The fourth-order valence-corrected chi connectivity index (χ4v) is 2.72. The molecule has 0 unspecified atom stereocenters. The highest BCUT2D eigenvalue weighted by atomic mass is 32.2. The van der Waals surface area contributed by atoms with Crippen LogP contribution in [0.2, 0.25) is 0 Å². The molecule has 0 aromatic carbocycles. The van der Waals surface area contributed by atoms with Crippen molar-refractivity contribution in [2.24, 2.45) is 5.41 Å². The van der Waals surface area contributed by atoms with Gasteiger partial charge in [-0.2, -0.15) is 0 Å². The maximum absolute atomic E-state index is 11.9. The van der Waals surface area contributed by atoms with Gasteiger partial charge in [-0.05, 0) is 37.1 Å². The van der Waals surface area contributed by atoms with E-state index in [2.05, 4.69) is 15.5 Å². The highest BCUT2D eigenvalue weighted by Gasteiger charge is 2.47. The zero-order chi connectivity index (χ0) is 15.2. The maximum Gasteiger partial charge on any atom is 0.311 e. The Hall–Kier alpha value is -1.51. The van der Waals surface area contributed by atoms with Gasteiger partial charge in [0, 0.05) is 6.26 Å². The summed E-state index contributed by atoms with van der Waals surface area (Å²) >= 11 is 0. The molecular formula is C11H18N4O4S. The lowest BCUT2D eigenvalue weighted by atomic mass is 9.69. The Labute approximate surface area is 117 Å². The maximum atomic E-state index is 11.9. The normalized spacial score (nSPS) is 18.6. The molecule has 1 fully saturated rings. The molecule has 0 amide bonds. The number of hydrogen-bond donors (Lipinski definition) is 1. The fraction of sp³-hybridized carbons (Fsp3) is 0.818. The van der Waals surface area contributed by atoms with Gasteiger partial charge in [-0.1, -0.05) is 6.42 Å². The highest BCUT2D eigenvalue weighted by Crippen LogP contribution is 2.43. The van der Waals surface area contributed by atoms with E-state index in [4.69, 9.17) is 0 Å². The number of carbonyl (C=O) groups is 1. The Morgan fingerprint density at radius 3 is 2.45 bits per heavy atom.